The number of rotatable bonds is 6. The zero-order valence-electron chi connectivity index (χ0n) is 16.3. The van der Waals surface area contributed by atoms with E-state index in [2.05, 4.69) is 30.2 Å². The Kier molecular flexibility index (Phi) is 8.69. The number of para-hydroxylation sites is 1. The van der Waals surface area contributed by atoms with E-state index in [4.69, 9.17) is 19.9 Å². The van der Waals surface area contributed by atoms with Crippen LogP contribution in [0.25, 0.3) is 0 Å². The molecule has 0 aromatic heterocycles. The molecule has 0 amide bonds. The normalized spacial score (nSPS) is 13.5. The Labute approximate surface area is 183 Å². The van der Waals surface area contributed by atoms with Crippen LogP contribution in [-0.4, -0.2) is 32.3 Å². The van der Waals surface area contributed by atoms with Crippen LogP contribution in [0.2, 0.25) is 0 Å². The molecule has 152 valence electrons. The molecule has 3 N–H and O–H groups in total. The maximum Gasteiger partial charge on any atom is 0.193 e. The molecule has 2 aromatic rings. The van der Waals surface area contributed by atoms with Crippen molar-refractivity contribution in [1.82, 2.24) is 0 Å². The molecule has 6 nitrogen and oxygen atoms in total. The number of nitrogens with one attached hydrogen (secondary N) is 1. The predicted octanol–water partition coefficient (Wildman–Crippen LogP) is 4.39. The smallest absolute Gasteiger partial charge is 0.193 e. The lowest BCUT2D eigenvalue weighted by Gasteiger charge is -2.13. The number of halogens is 1. The standard InChI is InChI=1S/C21H27N3O3.HI/c1-15(2)17-6-3-4-7-18(17)27-13-10-23-21(22)24-16-8-9-19-20(14-16)26-12-5-11-25-19;/h3-4,6-9,14-15H,5,10-13H2,1-2H3,(H3,22,23,24);1H. The second-order valence-electron chi connectivity index (χ2n) is 6.64. The summed E-state index contributed by atoms with van der Waals surface area (Å²) in [5.74, 6) is 3.13. The Balaban J connectivity index is 0.00000280. The fraction of sp³-hybridized carbons (Fsp3) is 0.381. The van der Waals surface area contributed by atoms with Gasteiger partial charge in [-0.1, -0.05) is 32.0 Å². The van der Waals surface area contributed by atoms with Gasteiger partial charge in [-0.15, -0.1) is 24.0 Å². The first kappa shape index (κ1) is 22.1. The number of ether oxygens (including phenoxy) is 3. The maximum atomic E-state index is 5.98. The minimum atomic E-state index is 0. The highest BCUT2D eigenvalue weighted by Crippen LogP contribution is 2.32. The summed E-state index contributed by atoms with van der Waals surface area (Å²) in [7, 11) is 0. The van der Waals surface area contributed by atoms with Crippen LogP contribution in [0.4, 0.5) is 5.69 Å². The van der Waals surface area contributed by atoms with E-state index in [1.165, 1.54) is 5.56 Å². The molecule has 2 aromatic carbocycles. The summed E-state index contributed by atoms with van der Waals surface area (Å²) < 4.78 is 17.2. The van der Waals surface area contributed by atoms with Gasteiger partial charge in [-0.25, -0.2) is 4.99 Å². The highest BCUT2D eigenvalue weighted by Gasteiger charge is 2.11. The topological polar surface area (TPSA) is 78.1 Å². The molecule has 3 rings (SSSR count). The first-order valence-electron chi connectivity index (χ1n) is 9.32. The Morgan fingerprint density at radius 2 is 1.89 bits per heavy atom. The molecule has 28 heavy (non-hydrogen) atoms. The summed E-state index contributed by atoms with van der Waals surface area (Å²) in [6.45, 7) is 6.55. The van der Waals surface area contributed by atoms with E-state index < -0.39 is 0 Å². The number of nitrogens with zero attached hydrogens (tertiary/aromatic N) is 1. The van der Waals surface area contributed by atoms with Gasteiger partial charge in [0, 0.05) is 18.2 Å². The molecular weight excluding hydrogens is 469 g/mol. The number of guanidine groups is 1. The van der Waals surface area contributed by atoms with Crippen LogP contribution in [0.5, 0.6) is 17.2 Å². The molecule has 0 fully saturated rings. The van der Waals surface area contributed by atoms with Crippen molar-refractivity contribution in [1.29, 1.82) is 0 Å². The molecule has 1 aliphatic rings. The second-order valence-corrected chi connectivity index (χ2v) is 6.64. The van der Waals surface area contributed by atoms with E-state index >= 15 is 0 Å². The molecule has 0 radical (unpaired) electrons. The van der Waals surface area contributed by atoms with Crippen molar-refractivity contribution >= 4 is 35.6 Å². The van der Waals surface area contributed by atoms with Gasteiger partial charge in [0.1, 0.15) is 12.4 Å². The van der Waals surface area contributed by atoms with Gasteiger partial charge < -0.3 is 25.3 Å². The fourth-order valence-corrected chi connectivity index (χ4v) is 2.84. The van der Waals surface area contributed by atoms with Crippen LogP contribution >= 0.6 is 24.0 Å². The first-order chi connectivity index (χ1) is 13.1. The number of nitrogens with two attached hydrogens (primary N) is 1. The van der Waals surface area contributed by atoms with E-state index in [9.17, 15) is 0 Å². The van der Waals surface area contributed by atoms with Gasteiger partial charge in [-0.2, -0.15) is 0 Å². The van der Waals surface area contributed by atoms with Crippen molar-refractivity contribution in [2.75, 3.05) is 31.7 Å². The lowest BCUT2D eigenvalue weighted by atomic mass is 10.0. The van der Waals surface area contributed by atoms with Crippen molar-refractivity contribution < 1.29 is 14.2 Å². The summed E-state index contributed by atoms with van der Waals surface area (Å²) >= 11 is 0. The number of fused-ring (bicyclic) bond motifs is 1. The van der Waals surface area contributed by atoms with Crippen molar-refractivity contribution in [3.05, 3.63) is 48.0 Å². The van der Waals surface area contributed by atoms with Crippen LogP contribution in [0.3, 0.4) is 0 Å². The average molecular weight is 497 g/mol. The summed E-state index contributed by atoms with van der Waals surface area (Å²) in [4.78, 5) is 4.33. The number of benzene rings is 2. The first-order valence-corrected chi connectivity index (χ1v) is 9.32. The Morgan fingerprint density at radius 3 is 2.68 bits per heavy atom. The minimum Gasteiger partial charge on any atom is -0.491 e. The average Bonchev–Trinajstić information content (AvgIpc) is 2.90. The van der Waals surface area contributed by atoms with Gasteiger partial charge >= 0.3 is 0 Å². The van der Waals surface area contributed by atoms with E-state index in [1.807, 2.05) is 36.4 Å². The third kappa shape index (κ3) is 6.19. The van der Waals surface area contributed by atoms with Crippen molar-refractivity contribution in [2.24, 2.45) is 10.7 Å². The van der Waals surface area contributed by atoms with E-state index in [-0.39, 0.29) is 24.0 Å². The zero-order valence-corrected chi connectivity index (χ0v) is 18.6. The minimum absolute atomic E-state index is 0. The molecule has 0 saturated carbocycles. The number of aliphatic imine (C=N–C) groups is 1. The lowest BCUT2D eigenvalue weighted by Crippen LogP contribution is -2.23. The van der Waals surface area contributed by atoms with Crippen molar-refractivity contribution in [3.63, 3.8) is 0 Å². The number of anilines is 1. The maximum absolute atomic E-state index is 5.98. The van der Waals surface area contributed by atoms with Gasteiger partial charge in [-0.05, 0) is 29.7 Å². The van der Waals surface area contributed by atoms with Crippen LogP contribution in [-0.2, 0) is 0 Å². The van der Waals surface area contributed by atoms with Gasteiger partial charge in [0.05, 0.1) is 19.8 Å². The monoisotopic (exact) mass is 497 g/mol. The van der Waals surface area contributed by atoms with Crippen molar-refractivity contribution in [3.8, 4) is 17.2 Å². The summed E-state index contributed by atoms with van der Waals surface area (Å²) in [5.41, 5.74) is 7.99. The Morgan fingerprint density at radius 1 is 1.14 bits per heavy atom. The van der Waals surface area contributed by atoms with Crippen LogP contribution in [0.1, 0.15) is 31.7 Å². The Hall–Kier alpha value is -2.16. The molecule has 7 heteroatoms. The third-order valence-corrected chi connectivity index (χ3v) is 4.19. The van der Waals surface area contributed by atoms with Crippen molar-refractivity contribution in [2.45, 2.75) is 26.2 Å². The van der Waals surface area contributed by atoms with E-state index in [1.54, 1.807) is 0 Å². The number of hydrogen-bond acceptors (Lipinski definition) is 4. The molecular formula is C21H28IN3O3. The van der Waals surface area contributed by atoms with Gasteiger partial charge in [0.15, 0.2) is 17.5 Å². The fourth-order valence-electron chi connectivity index (χ4n) is 2.84. The molecule has 0 unspecified atom stereocenters. The van der Waals surface area contributed by atoms with Gasteiger partial charge in [-0.3, -0.25) is 0 Å². The third-order valence-electron chi connectivity index (χ3n) is 4.19. The summed E-state index contributed by atoms with van der Waals surface area (Å²) in [6.07, 6.45) is 0.876. The molecule has 0 aliphatic carbocycles. The molecule has 0 atom stereocenters. The lowest BCUT2D eigenvalue weighted by molar-refractivity contribution is 0.297. The van der Waals surface area contributed by atoms with Crippen LogP contribution < -0.4 is 25.3 Å². The number of hydrogen-bond donors (Lipinski definition) is 2. The second kappa shape index (κ2) is 11.0. The van der Waals surface area contributed by atoms with Gasteiger partial charge in [0.25, 0.3) is 0 Å². The van der Waals surface area contributed by atoms with Gasteiger partial charge in [0.2, 0.25) is 0 Å². The highest BCUT2D eigenvalue weighted by molar-refractivity contribution is 14.0. The zero-order chi connectivity index (χ0) is 19.1. The summed E-state index contributed by atoms with van der Waals surface area (Å²) in [5, 5.41) is 3.08. The van der Waals surface area contributed by atoms with E-state index in [0.29, 0.717) is 38.2 Å². The van der Waals surface area contributed by atoms with Crippen LogP contribution in [0, 0.1) is 0 Å². The molecule has 1 aliphatic heterocycles. The highest BCUT2D eigenvalue weighted by atomic mass is 127. The molecule has 0 saturated heterocycles. The quantitative estimate of drug-likeness (QED) is 0.268. The van der Waals surface area contributed by atoms with Crippen LogP contribution in [0.15, 0.2) is 47.5 Å². The SMILES string of the molecule is CC(C)c1ccccc1OCCN=C(N)Nc1ccc2c(c1)OCCCO2.I. The molecule has 0 bridgehead atoms. The van der Waals surface area contributed by atoms with E-state index in [0.717, 1.165) is 29.4 Å². The largest absolute Gasteiger partial charge is 0.491 e. The predicted molar refractivity (Wildman–Crippen MR) is 124 cm³/mol. The Bertz CT molecular complexity index is 796. The summed E-state index contributed by atoms with van der Waals surface area (Å²) in [6, 6.07) is 13.7. The molecule has 0 spiro atoms. The molecule has 1 heterocycles.